The predicted octanol–water partition coefficient (Wildman–Crippen LogP) is 4.07. The van der Waals surface area contributed by atoms with Crippen LogP contribution in [-0.2, 0) is 23.0 Å². The molecule has 0 atom stereocenters. The second-order valence-electron chi connectivity index (χ2n) is 6.08. The van der Waals surface area contributed by atoms with E-state index in [0.717, 1.165) is 28.1 Å². The molecule has 4 rings (SSSR count). The van der Waals surface area contributed by atoms with Crippen LogP contribution in [0.15, 0.2) is 41.7 Å². The predicted molar refractivity (Wildman–Crippen MR) is 106 cm³/mol. The molecule has 0 fully saturated rings. The van der Waals surface area contributed by atoms with Gasteiger partial charge in [0.15, 0.2) is 0 Å². The van der Waals surface area contributed by atoms with Gasteiger partial charge in [0.25, 0.3) is 0 Å². The lowest BCUT2D eigenvalue weighted by Crippen LogP contribution is -2.15. The van der Waals surface area contributed by atoms with Crippen molar-refractivity contribution in [1.82, 2.24) is 9.97 Å². The standard InChI is InChI=1S/C18H18N2O3S3/c21-26(22,23-13-6-2-1-3-7-13)11-10-24-17-16-14-8-4-5-9-15(14)25-18(16)20-12-19-17/h1-3,6-7,12H,4-5,8-11H2. The summed E-state index contributed by atoms with van der Waals surface area (Å²) in [7, 11) is -3.62. The van der Waals surface area contributed by atoms with Crippen LogP contribution in [0.3, 0.4) is 0 Å². The summed E-state index contributed by atoms with van der Waals surface area (Å²) in [6, 6.07) is 8.58. The van der Waals surface area contributed by atoms with Crippen molar-refractivity contribution in [3.8, 4) is 5.75 Å². The highest BCUT2D eigenvalue weighted by atomic mass is 32.2. The third-order valence-electron chi connectivity index (χ3n) is 4.26. The number of rotatable bonds is 6. The second kappa shape index (κ2) is 7.54. The van der Waals surface area contributed by atoms with Gasteiger partial charge in [0, 0.05) is 16.0 Å². The van der Waals surface area contributed by atoms with E-state index in [4.69, 9.17) is 4.18 Å². The second-order valence-corrected chi connectivity index (χ2v) is 9.93. The number of thiophene rings is 1. The summed E-state index contributed by atoms with van der Waals surface area (Å²) >= 11 is 3.21. The van der Waals surface area contributed by atoms with E-state index in [1.165, 1.54) is 35.0 Å². The van der Waals surface area contributed by atoms with Crippen molar-refractivity contribution < 1.29 is 12.6 Å². The van der Waals surface area contributed by atoms with E-state index in [2.05, 4.69) is 9.97 Å². The monoisotopic (exact) mass is 406 g/mol. The third kappa shape index (κ3) is 3.87. The number of thioether (sulfide) groups is 1. The van der Waals surface area contributed by atoms with Crippen LogP contribution in [0.1, 0.15) is 23.3 Å². The van der Waals surface area contributed by atoms with Crippen molar-refractivity contribution in [2.75, 3.05) is 11.5 Å². The normalized spacial score (nSPS) is 14.3. The zero-order valence-corrected chi connectivity index (χ0v) is 16.5. The molecular formula is C18H18N2O3S3. The van der Waals surface area contributed by atoms with Gasteiger partial charge in [-0.05, 0) is 43.4 Å². The lowest BCUT2D eigenvalue weighted by Gasteiger charge is -2.11. The fourth-order valence-electron chi connectivity index (χ4n) is 3.08. The molecule has 0 N–H and O–H groups in total. The first-order valence-corrected chi connectivity index (χ1v) is 11.9. The minimum Gasteiger partial charge on any atom is -0.382 e. The molecule has 1 aliphatic carbocycles. The molecule has 1 aliphatic rings. The molecule has 0 aliphatic heterocycles. The molecule has 0 radical (unpaired) electrons. The molecule has 0 spiro atoms. The third-order valence-corrected chi connectivity index (χ3v) is 7.86. The molecule has 1 aromatic carbocycles. The maximum atomic E-state index is 12.2. The highest BCUT2D eigenvalue weighted by molar-refractivity contribution is 8.00. The quantitative estimate of drug-likeness (QED) is 0.349. The minimum absolute atomic E-state index is 0.0651. The average Bonchev–Trinajstić information content (AvgIpc) is 3.01. The van der Waals surface area contributed by atoms with Crippen LogP contribution in [0, 0.1) is 0 Å². The zero-order valence-electron chi connectivity index (χ0n) is 14.1. The van der Waals surface area contributed by atoms with Crippen LogP contribution < -0.4 is 4.18 Å². The summed E-state index contributed by atoms with van der Waals surface area (Å²) in [5.41, 5.74) is 1.36. The fourth-order valence-corrected chi connectivity index (χ4v) is 6.69. The maximum Gasteiger partial charge on any atom is 0.310 e. The maximum absolute atomic E-state index is 12.2. The van der Waals surface area contributed by atoms with E-state index in [9.17, 15) is 8.42 Å². The molecule has 2 aromatic heterocycles. The van der Waals surface area contributed by atoms with Crippen LogP contribution in [0.25, 0.3) is 10.2 Å². The Balaban J connectivity index is 1.47. The first kappa shape index (κ1) is 17.8. The molecule has 0 amide bonds. The van der Waals surface area contributed by atoms with Gasteiger partial charge in [-0.15, -0.1) is 23.1 Å². The Morgan fingerprint density at radius 3 is 2.77 bits per heavy atom. The minimum atomic E-state index is -3.62. The lowest BCUT2D eigenvalue weighted by atomic mass is 9.97. The van der Waals surface area contributed by atoms with Crippen LogP contribution in [-0.4, -0.2) is 29.9 Å². The van der Waals surface area contributed by atoms with Gasteiger partial charge in [-0.3, -0.25) is 0 Å². The van der Waals surface area contributed by atoms with Crippen LogP contribution in [0.5, 0.6) is 5.75 Å². The molecule has 0 unspecified atom stereocenters. The smallest absolute Gasteiger partial charge is 0.310 e. The molecule has 8 heteroatoms. The summed E-state index contributed by atoms with van der Waals surface area (Å²) in [4.78, 5) is 11.2. The molecule has 5 nitrogen and oxygen atoms in total. The van der Waals surface area contributed by atoms with Gasteiger partial charge in [0.1, 0.15) is 21.9 Å². The number of para-hydroxylation sites is 1. The van der Waals surface area contributed by atoms with Gasteiger partial charge in [-0.2, -0.15) is 8.42 Å². The van der Waals surface area contributed by atoms with Gasteiger partial charge in [-0.25, -0.2) is 9.97 Å². The van der Waals surface area contributed by atoms with Crippen LogP contribution in [0.4, 0.5) is 0 Å². The van der Waals surface area contributed by atoms with Gasteiger partial charge in [0.2, 0.25) is 0 Å². The Morgan fingerprint density at radius 1 is 1.12 bits per heavy atom. The van der Waals surface area contributed by atoms with Gasteiger partial charge < -0.3 is 4.18 Å². The van der Waals surface area contributed by atoms with Crippen molar-refractivity contribution in [2.45, 2.75) is 30.7 Å². The van der Waals surface area contributed by atoms with Crippen molar-refractivity contribution in [3.05, 3.63) is 47.1 Å². The molecule has 2 heterocycles. The summed E-state index contributed by atoms with van der Waals surface area (Å²) in [5.74, 6) is 0.671. The molecular weight excluding hydrogens is 388 g/mol. The zero-order chi connectivity index (χ0) is 18.0. The van der Waals surface area contributed by atoms with Crippen molar-refractivity contribution in [2.24, 2.45) is 0 Å². The highest BCUT2D eigenvalue weighted by Gasteiger charge is 2.20. The van der Waals surface area contributed by atoms with E-state index in [0.29, 0.717) is 11.5 Å². The number of benzene rings is 1. The largest absolute Gasteiger partial charge is 0.382 e. The molecule has 0 bridgehead atoms. The number of nitrogens with zero attached hydrogens (tertiary/aromatic N) is 2. The Hall–Kier alpha value is -1.64. The van der Waals surface area contributed by atoms with E-state index in [1.807, 2.05) is 6.07 Å². The topological polar surface area (TPSA) is 69.2 Å². The van der Waals surface area contributed by atoms with Gasteiger partial charge >= 0.3 is 10.1 Å². The van der Waals surface area contributed by atoms with E-state index in [-0.39, 0.29) is 5.75 Å². The lowest BCUT2D eigenvalue weighted by molar-refractivity contribution is 0.488. The van der Waals surface area contributed by atoms with Crippen LogP contribution >= 0.6 is 23.1 Å². The molecule has 136 valence electrons. The number of hydrogen-bond donors (Lipinski definition) is 0. The van der Waals surface area contributed by atoms with Crippen molar-refractivity contribution >= 4 is 43.4 Å². The molecule has 26 heavy (non-hydrogen) atoms. The Morgan fingerprint density at radius 2 is 1.92 bits per heavy atom. The van der Waals surface area contributed by atoms with Crippen molar-refractivity contribution in [1.29, 1.82) is 0 Å². The van der Waals surface area contributed by atoms with Crippen molar-refractivity contribution in [3.63, 3.8) is 0 Å². The molecule has 0 saturated carbocycles. The summed E-state index contributed by atoms with van der Waals surface area (Å²) in [6.07, 6.45) is 6.16. The number of hydrogen-bond acceptors (Lipinski definition) is 7. The number of fused-ring (bicyclic) bond motifs is 3. The van der Waals surface area contributed by atoms with Gasteiger partial charge in [0.05, 0.1) is 5.75 Å². The summed E-state index contributed by atoms with van der Waals surface area (Å²) in [5, 5.41) is 2.00. The SMILES string of the molecule is O=S(=O)(CCSc1ncnc2sc3c(c12)CCCC3)Oc1ccccc1. The Bertz CT molecular complexity index is 1020. The Labute approximate surface area is 161 Å². The Kier molecular flexibility index (Phi) is 5.15. The first-order chi connectivity index (χ1) is 12.6. The number of aromatic nitrogens is 2. The fraction of sp³-hybridized carbons (Fsp3) is 0.333. The molecule has 3 aromatic rings. The highest BCUT2D eigenvalue weighted by Crippen LogP contribution is 2.39. The summed E-state index contributed by atoms with van der Waals surface area (Å²) < 4.78 is 29.5. The van der Waals surface area contributed by atoms with E-state index in [1.54, 1.807) is 41.9 Å². The average molecular weight is 407 g/mol. The first-order valence-electron chi connectivity index (χ1n) is 8.48. The van der Waals surface area contributed by atoms with E-state index < -0.39 is 10.1 Å². The number of aryl methyl sites for hydroxylation is 2. The van der Waals surface area contributed by atoms with Gasteiger partial charge in [-0.1, -0.05) is 18.2 Å². The van der Waals surface area contributed by atoms with Crippen LogP contribution in [0.2, 0.25) is 0 Å². The summed E-state index contributed by atoms with van der Waals surface area (Å²) in [6.45, 7) is 0. The molecule has 0 saturated heterocycles. The van der Waals surface area contributed by atoms with E-state index >= 15 is 0 Å².